The summed E-state index contributed by atoms with van der Waals surface area (Å²) in [7, 11) is 0. The third-order valence-electron chi connectivity index (χ3n) is 6.92. The van der Waals surface area contributed by atoms with E-state index in [0.29, 0.717) is 49.4 Å². The number of amides is 2. The fourth-order valence-electron chi connectivity index (χ4n) is 4.97. The van der Waals surface area contributed by atoms with Gasteiger partial charge < -0.3 is 20.3 Å². The summed E-state index contributed by atoms with van der Waals surface area (Å²) in [5.41, 5.74) is 1.46. The number of aromatic nitrogens is 2. The minimum absolute atomic E-state index is 0.0101. The Morgan fingerprint density at radius 1 is 1.21 bits per heavy atom. The van der Waals surface area contributed by atoms with E-state index >= 15 is 0 Å². The number of nitrogens with zero attached hydrogens (tertiary/aromatic N) is 3. The van der Waals surface area contributed by atoms with Gasteiger partial charge in [0.05, 0.1) is 23.9 Å². The average molecular weight is 556 g/mol. The zero-order valence-corrected chi connectivity index (χ0v) is 21.4. The maximum atomic E-state index is 13.6. The quantitative estimate of drug-likeness (QED) is 0.376. The van der Waals surface area contributed by atoms with Crippen LogP contribution >= 0.6 is 11.3 Å². The van der Waals surface area contributed by atoms with Crippen molar-refractivity contribution in [1.82, 2.24) is 19.6 Å². The lowest BCUT2D eigenvalue weighted by molar-refractivity contribution is -0.137. The molecule has 1 saturated heterocycles. The summed E-state index contributed by atoms with van der Waals surface area (Å²) in [4.78, 5) is 33.3. The number of rotatable bonds is 5. The van der Waals surface area contributed by atoms with Gasteiger partial charge in [-0.1, -0.05) is 6.07 Å². The van der Waals surface area contributed by atoms with Gasteiger partial charge in [-0.3, -0.25) is 14.0 Å². The summed E-state index contributed by atoms with van der Waals surface area (Å²) in [5, 5.41) is 7.43. The monoisotopic (exact) mass is 555 g/mol. The molecule has 0 saturated carbocycles. The minimum atomic E-state index is -4.59. The second-order valence-electron chi connectivity index (χ2n) is 9.53. The van der Waals surface area contributed by atoms with E-state index in [9.17, 15) is 22.8 Å². The number of carbonyl (C=O) groups excluding carboxylic acids is 2. The molecule has 8 nitrogen and oxygen atoms in total. The van der Waals surface area contributed by atoms with Gasteiger partial charge in [0.2, 0.25) is 0 Å². The number of hydrogen-bond donors (Lipinski definition) is 2. The number of halogens is 3. The molecular formula is C27H24F3N5O3S. The number of pyridine rings is 1. The fraction of sp³-hybridized carbons (Fsp3) is 0.296. The lowest BCUT2D eigenvalue weighted by Gasteiger charge is -2.27. The Morgan fingerprint density at radius 2 is 2.08 bits per heavy atom. The Morgan fingerprint density at radius 3 is 2.87 bits per heavy atom. The molecular weight excluding hydrogens is 531 g/mol. The maximum absolute atomic E-state index is 13.6. The van der Waals surface area contributed by atoms with Crippen LogP contribution in [0, 0.1) is 0 Å². The van der Waals surface area contributed by atoms with E-state index in [1.54, 1.807) is 27.1 Å². The standard InChI is InChI=1S/C27H24F3N5O3S/c28-27(29,30)16-9-17(11-19(10-16)38-18-4-6-31-12-18)33-25(36)21-15-39-23-14-34(8-5-20(21)23)26(37)22-13-32-24-3-1-2-7-35(22)24/h1-3,7,9-11,13,15,18,31H,4-6,8,12,14H2,(H,33,36). The highest BCUT2D eigenvalue weighted by atomic mass is 32.1. The molecule has 2 aliphatic heterocycles. The van der Waals surface area contributed by atoms with Crippen molar-refractivity contribution in [1.29, 1.82) is 0 Å². The fourth-order valence-corrected chi connectivity index (χ4v) is 6.06. The summed E-state index contributed by atoms with van der Waals surface area (Å²) < 4.78 is 48.2. The van der Waals surface area contributed by atoms with Crippen LogP contribution in [0.3, 0.4) is 0 Å². The highest BCUT2D eigenvalue weighted by molar-refractivity contribution is 7.10. The Hall–Kier alpha value is -3.90. The SMILES string of the molecule is O=C(Nc1cc(OC2CCNC2)cc(C(F)(F)F)c1)c1csc2c1CCN(C(=O)c1cnc3ccccn13)C2. The second-order valence-corrected chi connectivity index (χ2v) is 10.5. The topological polar surface area (TPSA) is 88.0 Å². The van der Waals surface area contributed by atoms with Gasteiger partial charge in [-0.25, -0.2) is 4.98 Å². The van der Waals surface area contributed by atoms with Crippen LogP contribution in [0.2, 0.25) is 0 Å². The molecule has 39 heavy (non-hydrogen) atoms. The third-order valence-corrected chi connectivity index (χ3v) is 7.94. The lowest BCUT2D eigenvalue weighted by atomic mass is 10.0. The van der Waals surface area contributed by atoms with Crippen LogP contribution in [0.4, 0.5) is 18.9 Å². The van der Waals surface area contributed by atoms with Crippen LogP contribution in [0.25, 0.3) is 5.65 Å². The predicted octanol–water partition coefficient (Wildman–Crippen LogP) is 4.61. The molecule has 2 N–H and O–H groups in total. The second kappa shape index (κ2) is 10.0. The zero-order chi connectivity index (χ0) is 27.1. The molecule has 4 aromatic rings. The van der Waals surface area contributed by atoms with Crippen LogP contribution in [0.15, 0.2) is 54.2 Å². The van der Waals surface area contributed by atoms with E-state index in [4.69, 9.17) is 4.74 Å². The number of nitrogens with one attached hydrogen (secondary N) is 2. The first-order valence-electron chi connectivity index (χ1n) is 12.5. The predicted molar refractivity (Wildman–Crippen MR) is 139 cm³/mol. The number of ether oxygens (including phenoxy) is 1. The van der Waals surface area contributed by atoms with Crippen molar-refractivity contribution in [3.63, 3.8) is 0 Å². The average Bonchev–Trinajstić information content (AvgIpc) is 3.67. The summed E-state index contributed by atoms with van der Waals surface area (Å²) in [6, 6.07) is 8.78. The van der Waals surface area contributed by atoms with Gasteiger partial charge in [-0.2, -0.15) is 13.2 Å². The molecule has 12 heteroatoms. The summed E-state index contributed by atoms with van der Waals surface area (Å²) >= 11 is 1.36. The first-order chi connectivity index (χ1) is 18.8. The van der Waals surface area contributed by atoms with Crippen molar-refractivity contribution < 1.29 is 27.5 Å². The highest BCUT2D eigenvalue weighted by Gasteiger charge is 2.33. The van der Waals surface area contributed by atoms with E-state index < -0.39 is 17.6 Å². The minimum Gasteiger partial charge on any atom is -0.489 e. The normalized spacial score (nSPS) is 17.3. The van der Waals surface area contributed by atoms with Crippen molar-refractivity contribution >= 4 is 34.5 Å². The molecule has 1 fully saturated rings. The number of carbonyl (C=O) groups is 2. The first kappa shape index (κ1) is 25.4. The molecule has 1 atom stereocenters. The number of fused-ring (bicyclic) bond motifs is 2. The van der Waals surface area contributed by atoms with Crippen molar-refractivity contribution in [3.05, 3.63) is 81.4 Å². The van der Waals surface area contributed by atoms with E-state index in [0.717, 1.165) is 29.1 Å². The highest BCUT2D eigenvalue weighted by Crippen LogP contribution is 2.36. The van der Waals surface area contributed by atoms with E-state index in [-0.39, 0.29) is 23.4 Å². The third kappa shape index (κ3) is 5.09. The number of imidazole rings is 1. The van der Waals surface area contributed by atoms with Crippen molar-refractivity contribution in [2.24, 2.45) is 0 Å². The molecule has 0 bridgehead atoms. The van der Waals surface area contributed by atoms with Gasteiger partial charge in [0.15, 0.2) is 0 Å². The van der Waals surface area contributed by atoms with Crippen LogP contribution in [-0.4, -0.2) is 51.8 Å². The molecule has 202 valence electrons. The van der Waals surface area contributed by atoms with Gasteiger partial charge in [0.1, 0.15) is 23.2 Å². The molecule has 6 rings (SSSR count). The number of alkyl halides is 3. The maximum Gasteiger partial charge on any atom is 0.416 e. The van der Waals surface area contributed by atoms with E-state index in [1.165, 1.54) is 17.4 Å². The van der Waals surface area contributed by atoms with Gasteiger partial charge in [-0.15, -0.1) is 11.3 Å². The molecule has 5 heterocycles. The zero-order valence-electron chi connectivity index (χ0n) is 20.6. The molecule has 1 unspecified atom stereocenters. The van der Waals surface area contributed by atoms with Gasteiger partial charge in [-0.05, 0) is 49.2 Å². The van der Waals surface area contributed by atoms with Crippen molar-refractivity contribution in [2.75, 3.05) is 25.0 Å². The number of thiophene rings is 1. The van der Waals surface area contributed by atoms with E-state index in [1.807, 2.05) is 18.2 Å². The van der Waals surface area contributed by atoms with Crippen LogP contribution in [0.5, 0.6) is 5.75 Å². The summed E-state index contributed by atoms with van der Waals surface area (Å²) in [5.74, 6) is -0.600. The Bertz CT molecular complexity index is 1560. The van der Waals surface area contributed by atoms with Crippen molar-refractivity contribution in [2.45, 2.75) is 31.7 Å². The molecule has 1 aromatic carbocycles. The molecule has 2 amide bonds. The Balaban J connectivity index is 1.19. The van der Waals surface area contributed by atoms with Gasteiger partial charge >= 0.3 is 6.18 Å². The smallest absolute Gasteiger partial charge is 0.416 e. The first-order valence-corrected chi connectivity index (χ1v) is 13.4. The molecule has 3 aromatic heterocycles. The molecule has 0 radical (unpaired) electrons. The lowest BCUT2D eigenvalue weighted by Crippen LogP contribution is -2.36. The molecule has 0 aliphatic carbocycles. The van der Waals surface area contributed by atoms with E-state index in [2.05, 4.69) is 15.6 Å². The molecule has 0 spiro atoms. The number of hydrogen-bond acceptors (Lipinski definition) is 6. The number of benzene rings is 1. The summed E-state index contributed by atoms with van der Waals surface area (Å²) in [6.07, 6.45) is -0.340. The van der Waals surface area contributed by atoms with Crippen LogP contribution in [0.1, 0.15) is 43.3 Å². The number of anilines is 1. The van der Waals surface area contributed by atoms with Gasteiger partial charge in [0.25, 0.3) is 11.8 Å². The van der Waals surface area contributed by atoms with Crippen LogP contribution in [-0.2, 0) is 19.1 Å². The Kier molecular flexibility index (Phi) is 6.51. The van der Waals surface area contributed by atoms with Crippen LogP contribution < -0.4 is 15.4 Å². The van der Waals surface area contributed by atoms with Crippen molar-refractivity contribution in [3.8, 4) is 5.75 Å². The Labute approximate surface area is 225 Å². The molecule has 2 aliphatic rings. The van der Waals surface area contributed by atoms with Gasteiger partial charge in [0, 0.05) is 41.3 Å². The largest absolute Gasteiger partial charge is 0.489 e. The summed E-state index contributed by atoms with van der Waals surface area (Å²) in [6.45, 7) is 2.03.